The van der Waals surface area contributed by atoms with Crippen molar-refractivity contribution in [1.82, 2.24) is 0 Å². The number of rotatable bonds is 5. The molecule has 0 saturated heterocycles. The van der Waals surface area contributed by atoms with Gasteiger partial charge in [0.05, 0.1) is 17.9 Å². The van der Waals surface area contributed by atoms with E-state index in [-0.39, 0.29) is 11.3 Å². The van der Waals surface area contributed by atoms with Gasteiger partial charge in [-0.25, -0.2) is 0 Å². The normalized spacial score (nSPS) is 11.2. The summed E-state index contributed by atoms with van der Waals surface area (Å²) in [6, 6.07) is 4.93. The van der Waals surface area contributed by atoms with Crippen LogP contribution in [0.4, 0.5) is 5.69 Å². The van der Waals surface area contributed by atoms with Gasteiger partial charge in [0.1, 0.15) is 5.75 Å². The van der Waals surface area contributed by atoms with Crippen molar-refractivity contribution in [2.75, 3.05) is 12.3 Å². The summed E-state index contributed by atoms with van der Waals surface area (Å²) in [5.74, 6) is 0.991. The zero-order valence-electron chi connectivity index (χ0n) is 11.4. The minimum atomic E-state index is -0.636. The molecule has 2 aromatic rings. The number of halogens is 1. The van der Waals surface area contributed by atoms with Gasteiger partial charge in [-0.15, -0.1) is 0 Å². The van der Waals surface area contributed by atoms with Gasteiger partial charge in [-0.1, -0.05) is 25.4 Å². The summed E-state index contributed by atoms with van der Waals surface area (Å²) in [7, 11) is 0. The van der Waals surface area contributed by atoms with E-state index in [1.807, 2.05) is 0 Å². The van der Waals surface area contributed by atoms with Crippen molar-refractivity contribution in [3.63, 3.8) is 0 Å². The van der Waals surface area contributed by atoms with E-state index >= 15 is 0 Å². The smallest absolute Gasteiger partial charge is 0.249 e. The Balaban J connectivity index is 2.34. The lowest BCUT2D eigenvalue weighted by molar-refractivity contribution is 0.290. The summed E-state index contributed by atoms with van der Waals surface area (Å²) in [6.07, 6.45) is 0.882. The Kier molecular flexibility index (Phi) is 4.14. The van der Waals surface area contributed by atoms with Gasteiger partial charge in [-0.2, -0.15) is 0 Å². The average molecular weight is 294 g/mol. The van der Waals surface area contributed by atoms with Crippen molar-refractivity contribution in [3.05, 3.63) is 43.7 Å². The molecule has 0 fully saturated rings. The molecule has 0 aliphatic rings. The van der Waals surface area contributed by atoms with Gasteiger partial charge in [0.25, 0.3) is 0 Å². The molecule has 0 spiro atoms. The lowest BCUT2D eigenvalue weighted by Crippen LogP contribution is -2.35. The van der Waals surface area contributed by atoms with Crippen LogP contribution in [0.5, 0.6) is 5.75 Å². The summed E-state index contributed by atoms with van der Waals surface area (Å²) in [6.45, 7) is 4.70. The van der Waals surface area contributed by atoms with Gasteiger partial charge < -0.3 is 10.5 Å². The van der Waals surface area contributed by atoms with Crippen molar-refractivity contribution < 1.29 is 4.74 Å². The second kappa shape index (κ2) is 5.67. The Morgan fingerprint density at radius 1 is 1.25 bits per heavy atom. The Bertz CT molecular complexity index is 700. The fraction of sp³-hybridized carbons (Fsp3) is 0.333. The van der Waals surface area contributed by atoms with Gasteiger partial charge in [0, 0.05) is 10.6 Å². The molecule has 2 N–H and O–H groups in total. The molecule has 0 radical (unpaired) electrons. The fourth-order valence-electron chi connectivity index (χ4n) is 1.90. The molecule has 5 heteroatoms. The van der Waals surface area contributed by atoms with E-state index in [0.29, 0.717) is 28.9 Å². The molecule has 0 heterocycles. The van der Waals surface area contributed by atoms with E-state index in [9.17, 15) is 9.59 Å². The lowest BCUT2D eigenvalue weighted by atomic mass is 9.98. The number of nitrogen functional groups attached to an aromatic ring is 1. The van der Waals surface area contributed by atoms with Crippen LogP contribution in [-0.4, -0.2) is 6.61 Å². The van der Waals surface area contributed by atoms with Crippen molar-refractivity contribution in [2.24, 2.45) is 5.92 Å². The van der Waals surface area contributed by atoms with Crippen LogP contribution >= 0.6 is 11.6 Å². The third kappa shape index (κ3) is 2.70. The fourth-order valence-corrected chi connectivity index (χ4v) is 2.07. The maximum absolute atomic E-state index is 11.6. The maximum Gasteiger partial charge on any atom is 0.249 e. The van der Waals surface area contributed by atoms with Crippen LogP contribution in [0.3, 0.4) is 0 Å². The van der Waals surface area contributed by atoms with Gasteiger partial charge in [-0.05, 0) is 30.5 Å². The van der Waals surface area contributed by atoms with E-state index in [0.717, 1.165) is 6.42 Å². The van der Waals surface area contributed by atoms with Gasteiger partial charge >= 0.3 is 0 Å². The zero-order valence-corrected chi connectivity index (χ0v) is 12.2. The van der Waals surface area contributed by atoms with Crippen LogP contribution in [0.25, 0.3) is 11.1 Å². The van der Waals surface area contributed by atoms with Crippen LogP contribution < -0.4 is 21.3 Å². The average Bonchev–Trinajstić information content (AvgIpc) is 2.40. The van der Waals surface area contributed by atoms with Crippen LogP contribution in [-0.2, 0) is 0 Å². The van der Waals surface area contributed by atoms with E-state index in [1.165, 1.54) is 0 Å². The Labute approximate surface area is 121 Å². The SMILES string of the molecule is CC(C)CCOc1cc(Cl)ccc1-c1c(N)c(=O)c1=O. The molecular weight excluding hydrogens is 278 g/mol. The first-order valence-corrected chi connectivity index (χ1v) is 6.81. The summed E-state index contributed by atoms with van der Waals surface area (Å²) < 4.78 is 5.68. The molecule has 0 aromatic heterocycles. The largest absolute Gasteiger partial charge is 0.493 e. The monoisotopic (exact) mass is 293 g/mol. The molecule has 4 nitrogen and oxygen atoms in total. The second-order valence-electron chi connectivity index (χ2n) is 5.12. The van der Waals surface area contributed by atoms with E-state index in [4.69, 9.17) is 22.1 Å². The van der Waals surface area contributed by atoms with Crippen molar-refractivity contribution in [1.29, 1.82) is 0 Å². The molecule has 0 saturated carbocycles. The molecule has 0 atom stereocenters. The van der Waals surface area contributed by atoms with Crippen molar-refractivity contribution in [3.8, 4) is 16.9 Å². The quantitative estimate of drug-likeness (QED) is 0.860. The van der Waals surface area contributed by atoms with Crippen molar-refractivity contribution in [2.45, 2.75) is 20.3 Å². The maximum atomic E-state index is 11.6. The highest BCUT2D eigenvalue weighted by atomic mass is 35.5. The van der Waals surface area contributed by atoms with E-state index in [1.54, 1.807) is 18.2 Å². The van der Waals surface area contributed by atoms with Gasteiger partial charge in [0.15, 0.2) is 0 Å². The van der Waals surface area contributed by atoms with E-state index in [2.05, 4.69) is 13.8 Å². The number of nitrogens with two attached hydrogens (primary N) is 1. The zero-order chi connectivity index (χ0) is 14.9. The Hall–Kier alpha value is -1.81. The van der Waals surface area contributed by atoms with Crippen molar-refractivity contribution >= 4 is 17.3 Å². The predicted octanol–water partition coefficient (Wildman–Crippen LogP) is 2.61. The molecule has 0 aliphatic heterocycles. The number of ether oxygens (including phenoxy) is 1. The predicted molar refractivity (Wildman–Crippen MR) is 81.2 cm³/mol. The summed E-state index contributed by atoms with van der Waals surface area (Å²) in [5.41, 5.74) is 5.13. The van der Waals surface area contributed by atoms with Gasteiger partial charge in [-0.3, -0.25) is 9.59 Å². The molecule has 0 unspecified atom stereocenters. The van der Waals surface area contributed by atoms with Crippen LogP contribution in [0.2, 0.25) is 5.02 Å². The third-order valence-electron chi connectivity index (χ3n) is 3.11. The Morgan fingerprint density at radius 3 is 2.55 bits per heavy atom. The number of hydrogen-bond acceptors (Lipinski definition) is 4. The first-order valence-electron chi connectivity index (χ1n) is 6.43. The molecule has 20 heavy (non-hydrogen) atoms. The molecule has 0 amide bonds. The second-order valence-corrected chi connectivity index (χ2v) is 5.55. The number of hydrogen-bond donors (Lipinski definition) is 1. The van der Waals surface area contributed by atoms with Gasteiger partial charge in [0.2, 0.25) is 10.9 Å². The molecule has 106 valence electrons. The van der Waals surface area contributed by atoms with Crippen LogP contribution in [0, 0.1) is 5.92 Å². The minimum absolute atomic E-state index is 0.00830. The van der Waals surface area contributed by atoms with E-state index < -0.39 is 10.9 Å². The lowest BCUT2D eigenvalue weighted by Gasteiger charge is -2.14. The molecule has 2 rings (SSSR count). The minimum Gasteiger partial charge on any atom is -0.493 e. The molecule has 2 aromatic carbocycles. The number of benzene rings is 1. The molecule has 0 aliphatic carbocycles. The van der Waals surface area contributed by atoms with Crippen LogP contribution in [0.1, 0.15) is 20.3 Å². The number of anilines is 1. The molecular formula is C15H16ClNO3. The standard InChI is InChI=1S/C15H16ClNO3/c1-8(2)5-6-20-11-7-9(16)3-4-10(11)12-13(17)15(19)14(12)18/h3-4,7-8H,5-6,17H2,1-2H3. The summed E-state index contributed by atoms with van der Waals surface area (Å²) in [4.78, 5) is 22.8. The first-order chi connectivity index (χ1) is 9.41. The summed E-state index contributed by atoms with van der Waals surface area (Å²) >= 11 is 5.95. The summed E-state index contributed by atoms with van der Waals surface area (Å²) in [5, 5.41) is 0.505. The topological polar surface area (TPSA) is 69.4 Å². The highest BCUT2D eigenvalue weighted by Crippen LogP contribution is 2.33. The third-order valence-corrected chi connectivity index (χ3v) is 3.35. The first kappa shape index (κ1) is 14.6. The Morgan fingerprint density at radius 2 is 1.95 bits per heavy atom. The molecule has 0 bridgehead atoms. The van der Waals surface area contributed by atoms with Crippen LogP contribution in [0.15, 0.2) is 27.8 Å². The highest BCUT2D eigenvalue weighted by Gasteiger charge is 2.22. The highest BCUT2D eigenvalue weighted by molar-refractivity contribution is 6.30.